The predicted octanol–water partition coefficient (Wildman–Crippen LogP) is 3.50. The molecule has 0 aliphatic heterocycles. The molecule has 0 saturated carbocycles. The highest BCUT2D eigenvalue weighted by Gasteiger charge is 2.09. The molecule has 19 heavy (non-hydrogen) atoms. The van der Waals surface area contributed by atoms with Gasteiger partial charge in [0.15, 0.2) is 0 Å². The van der Waals surface area contributed by atoms with Gasteiger partial charge in [-0.2, -0.15) is 0 Å². The zero-order valence-electron chi connectivity index (χ0n) is 10.4. The molecule has 0 amide bonds. The summed E-state index contributed by atoms with van der Waals surface area (Å²) in [5, 5.41) is 0. The van der Waals surface area contributed by atoms with Gasteiger partial charge in [-0.25, -0.2) is 4.98 Å². The van der Waals surface area contributed by atoms with Crippen LogP contribution in [-0.4, -0.2) is 17.0 Å². The molecular formula is C13H13ClN4S. The van der Waals surface area contributed by atoms with E-state index in [9.17, 15) is 0 Å². The fourth-order valence-corrected chi connectivity index (χ4v) is 3.08. The SMILES string of the molecule is CN(Cc1ccc(Cl)s1)c1nc2ccc(N)cc2[nH]1. The monoisotopic (exact) mass is 292 g/mol. The molecule has 0 radical (unpaired) electrons. The van der Waals surface area contributed by atoms with Gasteiger partial charge >= 0.3 is 0 Å². The molecule has 3 aromatic rings. The van der Waals surface area contributed by atoms with Gasteiger partial charge in [-0.15, -0.1) is 11.3 Å². The lowest BCUT2D eigenvalue weighted by molar-refractivity contribution is 0.898. The third kappa shape index (κ3) is 2.52. The molecule has 0 fully saturated rings. The van der Waals surface area contributed by atoms with E-state index in [-0.39, 0.29) is 0 Å². The van der Waals surface area contributed by atoms with Gasteiger partial charge in [0, 0.05) is 17.6 Å². The number of imidazole rings is 1. The van der Waals surface area contributed by atoms with E-state index in [1.165, 1.54) is 4.88 Å². The Morgan fingerprint density at radius 1 is 1.37 bits per heavy atom. The smallest absolute Gasteiger partial charge is 0.203 e. The molecule has 1 aromatic carbocycles. The summed E-state index contributed by atoms with van der Waals surface area (Å²) in [4.78, 5) is 11.1. The highest BCUT2D eigenvalue weighted by Crippen LogP contribution is 2.24. The van der Waals surface area contributed by atoms with Crippen LogP contribution in [-0.2, 0) is 6.54 Å². The number of aromatic amines is 1. The molecule has 3 rings (SSSR count). The Morgan fingerprint density at radius 3 is 2.95 bits per heavy atom. The van der Waals surface area contributed by atoms with Crippen molar-refractivity contribution in [3.05, 3.63) is 39.5 Å². The van der Waals surface area contributed by atoms with Crippen molar-refractivity contribution in [1.82, 2.24) is 9.97 Å². The van der Waals surface area contributed by atoms with Crippen molar-refractivity contribution < 1.29 is 0 Å². The van der Waals surface area contributed by atoms with Gasteiger partial charge in [0.05, 0.1) is 21.9 Å². The van der Waals surface area contributed by atoms with Crippen LogP contribution < -0.4 is 10.6 Å². The lowest BCUT2D eigenvalue weighted by Crippen LogP contribution is -2.16. The van der Waals surface area contributed by atoms with E-state index in [0.29, 0.717) is 0 Å². The summed E-state index contributed by atoms with van der Waals surface area (Å²) in [5.41, 5.74) is 8.36. The first-order chi connectivity index (χ1) is 9.11. The quantitative estimate of drug-likeness (QED) is 0.727. The van der Waals surface area contributed by atoms with Crippen LogP contribution in [0, 0.1) is 0 Å². The molecule has 0 unspecified atom stereocenters. The molecule has 2 heterocycles. The lowest BCUT2D eigenvalue weighted by atomic mass is 10.3. The first-order valence-corrected chi connectivity index (χ1v) is 7.02. The maximum absolute atomic E-state index is 5.93. The number of H-pyrrole nitrogens is 1. The standard InChI is InChI=1S/C13H13ClN4S/c1-18(7-9-3-5-12(14)19-9)13-16-10-4-2-8(15)6-11(10)17-13/h2-6H,7,15H2,1H3,(H,16,17). The Morgan fingerprint density at radius 2 is 2.21 bits per heavy atom. The zero-order chi connectivity index (χ0) is 13.4. The van der Waals surface area contributed by atoms with E-state index in [2.05, 4.69) is 14.9 Å². The van der Waals surface area contributed by atoms with Crippen LogP contribution in [0.1, 0.15) is 4.88 Å². The van der Waals surface area contributed by atoms with Crippen LogP contribution in [0.4, 0.5) is 11.6 Å². The van der Waals surface area contributed by atoms with Crippen molar-refractivity contribution >= 4 is 45.6 Å². The van der Waals surface area contributed by atoms with Gasteiger partial charge in [-0.1, -0.05) is 11.6 Å². The second-order valence-corrected chi connectivity index (χ2v) is 6.20. The minimum atomic E-state index is 0.732. The Kier molecular flexibility index (Phi) is 3.08. The molecule has 3 N–H and O–H groups in total. The summed E-state index contributed by atoms with van der Waals surface area (Å²) in [6.45, 7) is 0.771. The number of nitrogen functional groups attached to an aromatic ring is 1. The molecule has 2 aromatic heterocycles. The minimum absolute atomic E-state index is 0.732. The second-order valence-electron chi connectivity index (χ2n) is 4.40. The van der Waals surface area contributed by atoms with E-state index in [0.717, 1.165) is 33.6 Å². The number of fused-ring (bicyclic) bond motifs is 1. The van der Waals surface area contributed by atoms with Crippen molar-refractivity contribution in [3.63, 3.8) is 0 Å². The second kappa shape index (κ2) is 4.75. The minimum Gasteiger partial charge on any atom is -0.399 e. The van der Waals surface area contributed by atoms with E-state index in [1.807, 2.05) is 37.4 Å². The van der Waals surface area contributed by atoms with Gasteiger partial charge in [0.25, 0.3) is 0 Å². The zero-order valence-corrected chi connectivity index (χ0v) is 11.9. The van der Waals surface area contributed by atoms with E-state index in [4.69, 9.17) is 17.3 Å². The third-order valence-electron chi connectivity index (χ3n) is 2.88. The van der Waals surface area contributed by atoms with Crippen LogP contribution in [0.3, 0.4) is 0 Å². The van der Waals surface area contributed by atoms with Crippen LogP contribution in [0.2, 0.25) is 4.34 Å². The number of halogens is 1. The number of nitrogens with one attached hydrogen (secondary N) is 1. The summed E-state index contributed by atoms with van der Waals surface area (Å²) in [5.74, 6) is 0.824. The molecule has 0 spiro atoms. The molecule has 4 nitrogen and oxygen atoms in total. The third-order valence-corrected chi connectivity index (χ3v) is 4.09. The highest BCUT2D eigenvalue weighted by atomic mass is 35.5. The molecule has 0 aliphatic rings. The maximum atomic E-state index is 5.93. The number of hydrogen-bond donors (Lipinski definition) is 2. The first kappa shape index (κ1) is 12.3. The molecular weight excluding hydrogens is 280 g/mol. The number of anilines is 2. The maximum Gasteiger partial charge on any atom is 0.203 e. The van der Waals surface area contributed by atoms with Crippen LogP contribution >= 0.6 is 22.9 Å². The van der Waals surface area contributed by atoms with Crippen molar-refractivity contribution in [3.8, 4) is 0 Å². The highest BCUT2D eigenvalue weighted by molar-refractivity contribution is 7.16. The topological polar surface area (TPSA) is 57.9 Å². The molecule has 0 saturated heterocycles. The predicted molar refractivity (Wildman–Crippen MR) is 81.9 cm³/mol. The summed E-state index contributed by atoms with van der Waals surface area (Å²) >= 11 is 7.52. The number of benzene rings is 1. The van der Waals surface area contributed by atoms with Gasteiger partial charge in [-0.05, 0) is 30.3 Å². The number of nitrogens with two attached hydrogens (primary N) is 1. The summed E-state index contributed by atoms with van der Waals surface area (Å²) < 4.78 is 0.806. The van der Waals surface area contributed by atoms with Crippen molar-refractivity contribution in [2.24, 2.45) is 0 Å². The molecule has 6 heteroatoms. The molecule has 0 atom stereocenters. The molecule has 0 bridgehead atoms. The summed E-state index contributed by atoms with van der Waals surface area (Å²) in [7, 11) is 1.99. The van der Waals surface area contributed by atoms with E-state index < -0.39 is 0 Å². The Hall–Kier alpha value is -1.72. The van der Waals surface area contributed by atoms with Crippen molar-refractivity contribution in [1.29, 1.82) is 0 Å². The fraction of sp³-hybridized carbons (Fsp3) is 0.154. The van der Waals surface area contributed by atoms with Gasteiger partial charge in [0.2, 0.25) is 5.95 Å². The number of hydrogen-bond acceptors (Lipinski definition) is 4. The molecule has 0 aliphatic carbocycles. The fourth-order valence-electron chi connectivity index (χ4n) is 1.94. The normalized spacial score (nSPS) is 11.1. The van der Waals surface area contributed by atoms with Crippen LogP contribution in [0.25, 0.3) is 11.0 Å². The number of nitrogens with zero attached hydrogens (tertiary/aromatic N) is 2. The van der Waals surface area contributed by atoms with E-state index in [1.54, 1.807) is 11.3 Å². The van der Waals surface area contributed by atoms with Gasteiger partial charge in [-0.3, -0.25) is 0 Å². The first-order valence-electron chi connectivity index (χ1n) is 5.82. The Bertz CT molecular complexity index is 718. The average Bonchev–Trinajstić information content (AvgIpc) is 2.95. The van der Waals surface area contributed by atoms with Gasteiger partial charge < -0.3 is 15.6 Å². The summed E-state index contributed by atoms with van der Waals surface area (Å²) in [6, 6.07) is 9.60. The lowest BCUT2D eigenvalue weighted by Gasteiger charge is -2.14. The summed E-state index contributed by atoms with van der Waals surface area (Å²) in [6.07, 6.45) is 0. The van der Waals surface area contributed by atoms with Crippen molar-refractivity contribution in [2.45, 2.75) is 6.54 Å². The van der Waals surface area contributed by atoms with Crippen molar-refractivity contribution in [2.75, 3.05) is 17.7 Å². The molecule has 98 valence electrons. The largest absolute Gasteiger partial charge is 0.399 e. The number of rotatable bonds is 3. The average molecular weight is 293 g/mol. The van der Waals surface area contributed by atoms with Crippen LogP contribution in [0.5, 0.6) is 0 Å². The van der Waals surface area contributed by atoms with E-state index >= 15 is 0 Å². The van der Waals surface area contributed by atoms with Gasteiger partial charge in [0.1, 0.15) is 0 Å². The van der Waals surface area contributed by atoms with Crippen LogP contribution in [0.15, 0.2) is 30.3 Å². The number of aromatic nitrogens is 2. The Labute approximate surface area is 119 Å². The Balaban J connectivity index is 1.86. The number of thiophene rings is 1.